The van der Waals surface area contributed by atoms with Gasteiger partial charge in [0, 0.05) is 19.6 Å². The number of benzene rings is 1. The Morgan fingerprint density at radius 2 is 1.96 bits per heavy atom. The number of aryl methyl sites for hydroxylation is 1. The van der Waals surface area contributed by atoms with Crippen LogP contribution < -0.4 is 9.46 Å². The van der Waals surface area contributed by atoms with Gasteiger partial charge in [0.05, 0.1) is 17.2 Å². The lowest BCUT2D eigenvalue weighted by Crippen LogP contribution is -2.41. The normalized spacial score (nSPS) is 15.6. The van der Waals surface area contributed by atoms with E-state index in [4.69, 9.17) is 4.74 Å². The number of ether oxygens (including phenoxy) is 1. The lowest BCUT2D eigenvalue weighted by Gasteiger charge is -2.31. The smallest absolute Gasteiger partial charge is 0.267 e. The number of aromatic nitrogens is 2. The molecule has 1 aromatic carbocycles. The first kappa shape index (κ1) is 20.7. The summed E-state index contributed by atoms with van der Waals surface area (Å²) in [7, 11) is -3.56. The van der Waals surface area contributed by atoms with E-state index in [1.165, 1.54) is 0 Å². The zero-order chi connectivity index (χ0) is 20.1. The Hall–Kier alpha value is -2.04. The SMILES string of the molecule is CCOc1ccc(S(=O)(=O)NCC2CCN(C(=O)c3snnc3C)CC2)cc1. The highest BCUT2D eigenvalue weighted by Crippen LogP contribution is 2.22. The second-order valence-corrected chi connectivity index (χ2v) is 9.20. The molecular formula is C18H24N4O4S2. The number of hydrogen-bond donors (Lipinski definition) is 1. The Kier molecular flexibility index (Phi) is 6.63. The fourth-order valence-corrected chi connectivity index (χ4v) is 4.85. The van der Waals surface area contributed by atoms with Gasteiger partial charge in [-0.3, -0.25) is 4.79 Å². The van der Waals surface area contributed by atoms with Crippen molar-refractivity contribution in [2.75, 3.05) is 26.2 Å². The van der Waals surface area contributed by atoms with E-state index in [1.807, 2.05) is 6.92 Å². The quantitative estimate of drug-likeness (QED) is 0.730. The van der Waals surface area contributed by atoms with Gasteiger partial charge in [-0.1, -0.05) is 4.49 Å². The Morgan fingerprint density at radius 3 is 2.54 bits per heavy atom. The van der Waals surface area contributed by atoms with E-state index < -0.39 is 10.0 Å². The predicted molar refractivity (Wildman–Crippen MR) is 106 cm³/mol. The third-order valence-electron chi connectivity index (χ3n) is 4.75. The topological polar surface area (TPSA) is 101 Å². The maximum absolute atomic E-state index is 12.5. The third kappa shape index (κ3) is 4.86. The van der Waals surface area contributed by atoms with E-state index in [2.05, 4.69) is 14.3 Å². The molecular weight excluding hydrogens is 400 g/mol. The zero-order valence-corrected chi connectivity index (χ0v) is 17.6. The molecule has 0 saturated carbocycles. The summed E-state index contributed by atoms with van der Waals surface area (Å²) in [4.78, 5) is 15.1. The van der Waals surface area contributed by atoms with Crippen molar-refractivity contribution < 1.29 is 17.9 Å². The largest absolute Gasteiger partial charge is 0.494 e. The summed E-state index contributed by atoms with van der Waals surface area (Å²) in [6.07, 6.45) is 1.51. The minimum absolute atomic E-state index is 0.0408. The number of likely N-dealkylation sites (tertiary alicyclic amines) is 1. The van der Waals surface area contributed by atoms with Gasteiger partial charge in [0.15, 0.2) is 0 Å². The molecule has 0 bridgehead atoms. The molecule has 2 heterocycles. The van der Waals surface area contributed by atoms with Gasteiger partial charge in [-0.15, -0.1) is 5.10 Å². The summed E-state index contributed by atoms with van der Waals surface area (Å²) < 4.78 is 36.8. The number of nitrogens with zero attached hydrogens (tertiary/aromatic N) is 3. The van der Waals surface area contributed by atoms with E-state index in [-0.39, 0.29) is 16.7 Å². The van der Waals surface area contributed by atoms with Crippen LogP contribution in [-0.4, -0.2) is 55.1 Å². The number of carbonyl (C=O) groups excluding carboxylic acids is 1. The number of sulfonamides is 1. The van der Waals surface area contributed by atoms with Crippen molar-refractivity contribution in [1.29, 1.82) is 0 Å². The molecule has 1 aliphatic heterocycles. The zero-order valence-electron chi connectivity index (χ0n) is 15.9. The molecule has 8 nitrogen and oxygen atoms in total. The van der Waals surface area contributed by atoms with Crippen molar-refractivity contribution in [3.63, 3.8) is 0 Å². The lowest BCUT2D eigenvalue weighted by molar-refractivity contribution is 0.0696. The minimum Gasteiger partial charge on any atom is -0.494 e. The molecule has 1 saturated heterocycles. The molecule has 0 spiro atoms. The highest BCUT2D eigenvalue weighted by Gasteiger charge is 2.27. The molecule has 3 rings (SSSR count). The molecule has 28 heavy (non-hydrogen) atoms. The molecule has 0 atom stereocenters. The standard InChI is InChI=1S/C18H24N4O4S2/c1-3-26-15-4-6-16(7-5-15)28(24,25)19-12-14-8-10-22(11-9-14)18(23)17-13(2)20-21-27-17/h4-7,14,19H,3,8-12H2,1-2H3. The first-order chi connectivity index (χ1) is 13.4. The van der Waals surface area contributed by atoms with Crippen LogP contribution in [0.15, 0.2) is 29.2 Å². The Balaban J connectivity index is 1.50. The maximum Gasteiger partial charge on any atom is 0.267 e. The number of piperidine rings is 1. The highest BCUT2D eigenvalue weighted by molar-refractivity contribution is 7.89. The summed E-state index contributed by atoms with van der Waals surface area (Å²) in [6, 6.07) is 6.39. The molecule has 152 valence electrons. The minimum atomic E-state index is -3.56. The van der Waals surface area contributed by atoms with Crippen LogP contribution in [-0.2, 0) is 10.0 Å². The molecule has 1 fully saturated rings. The molecule has 1 amide bonds. The Bertz CT molecular complexity index is 904. The highest BCUT2D eigenvalue weighted by atomic mass is 32.2. The number of amides is 1. The van der Waals surface area contributed by atoms with Gasteiger partial charge in [0.25, 0.3) is 5.91 Å². The van der Waals surface area contributed by atoms with Gasteiger partial charge >= 0.3 is 0 Å². The van der Waals surface area contributed by atoms with E-state index in [0.717, 1.165) is 24.4 Å². The van der Waals surface area contributed by atoms with Crippen molar-refractivity contribution in [1.82, 2.24) is 19.2 Å². The van der Waals surface area contributed by atoms with Crippen molar-refractivity contribution in [2.24, 2.45) is 5.92 Å². The number of hydrogen-bond acceptors (Lipinski definition) is 7. The number of nitrogens with one attached hydrogen (secondary N) is 1. The molecule has 1 N–H and O–H groups in total. The summed E-state index contributed by atoms with van der Waals surface area (Å²) >= 11 is 1.11. The van der Waals surface area contributed by atoms with Gasteiger partial charge in [0.1, 0.15) is 10.6 Å². The number of carbonyl (C=O) groups is 1. The van der Waals surface area contributed by atoms with Gasteiger partial charge in [-0.2, -0.15) is 0 Å². The van der Waals surface area contributed by atoms with Crippen LogP contribution >= 0.6 is 11.5 Å². The second kappa shape index (κ2) is 8.97. The van der Waals surface area contributed by atoms with Crippen molar-refractivity contribution in [3.8, 4) is 5.75 Å². The first-order valence-electron chi connectivity index (χ1n) is 9.21. The van der Waals surface area contributed by atoms with Crippen molar-refractivity contribution in [2.45, 2.75) is 31.6 Å². The van der Waals surface area contributed by atoms with Gasteiger partial charge in [-0.05, 0) is 68.4 Å². The summed E-state index contributed by atoms with van der Waals surface area (Å²) in [5.41, 5.74) is 0.653. The lowest BCUT2D eigenvalue weighted by atomic mass is 9.97. The van der Waals surface area contributed by atoms with Crippen LogP contribution in [0.1, 0.15) is 35.1 Å². The van der Waals surface area contributed by atoms with Crippen LogP contribution in [0, 0.1) is 12.8 Å². The van der Waals surface area contributed by atoms with E-state index >= 15 is 0 Å². The Labute approximate surface area is 169 Å². The summed E-state index contributed by atoms with van der Waals surface area (Å²) in [6.45, 7) is 5.75. The fraction of sp³-hybridized carbons (Fsp3) is 0.500. The van der Waals surface area contributed by atoms with Gasteiger partial charge in [0.2, 0.25) is 10.0 Å². The van der Waals surface area contributed by atoms with E-state index in [0.29, 0.717) is 42.6 Å². The third-order valence-corrected chi connectivity index (χ3v) is 7.01. The molecule has 2 aromatic rings. The summed E-state index contributed by atoms with van der Waals surface area (Å²) in [5, 5.41) is 3.88. The molecule has 1 aliphatic rings. The van der Waals surface area contributed by atoms with E-state index in [9.17, 15) is 13.2 Å². The predicted octanol–water partition coefficient (Wildman–Crippen LogP) is 2.08. The molecule has 10 heteroatoms. The van der Waals surface area contributed by atoms with Crippen molar-refractivity contribution in [3.05, 3.63) is 34.8 Å². The van der Waals surface area contributed by atoms with E-state index in [1.54, 1.807) is 36.1 Å². The second-order valence-electron chi connectivity index (χ2n) is 6.68. The van der Waals surface area contributed by atoms with Gasteiger partial charge in [-0.25, -0.2) is 13.1 Å². The molecule has 1 aromatic heterocycles. The van der Waals surface area contributed by atoms with Crippen LogP contribution in [0.4, 0.5) is 0 Å². The maximum atomic E-state index is 12.5. The van der Waals surface area contributed by atoms with Crippen LogP contribution in [0.2, 0.25) is 0 Å². The monoisotopic (exact) mass is 424 g/mol. The average Bonchev–Trinajstić information content (AvgIpc) is 3.13. The molecule has 0 aliphatic carbocycles. The first-order valence-corrected chi connectivity index (χ1v) is 11.5. The number of rotatable bonds is 7. The Morgan fingerprint density at radius 1 is 1.29 bits per heavy atom. The van der Waals surface area contributed by atoms with Gasteiger partial charge < -0.3 is 9.64 Å². The average molecular weight is 425 g/mol. The van der Waals surface area contributed by atoms with Crippen LogP contribution in [0.25, 0.3) is 0 Å². The summed E-state index contributed by atoms with van der Waals surface area (Å²) in [5.74, 6) is 0.799. The molecule has 0 unspecified atom stereocenters. The fourth-order valence-electron chi connectivity index (χ4n) is 3.10. The van der Waals surface area contributed by atoms with Crippen LogP contribution in [0.5, 0.6) is 5.75 Å². The molecule has 0 radical (unpaired) electrons. The van der Waals surface area contributed by atoms with Crippen molar-refractivity contribution >= 4 is 27.5 Å². The van der Waals surface area contributed by atoms with Crippen LogP contribution in [0.3, 0.4) is 0 Å².